The highest BCUT2D eigenvalue weighted by atomic mass is 32.1. The summed E-state index contributed by atoms with van der Waals surface area (Å²) in [5, 5.41) is 4.89. The Labute approximate surface area is 110 Å². The fraction of sp³-hybridized carbons (Fsp3) is 0.545. The van der Waals surface area contributed by atoms with E-state index in [0.717, 1.165) is 0 Å². The maximum atomic E-state index is 11.7. The molecule has 7 heteroatoms. The van der Waals surface area contributed by atoms with Crippen molar-refractivity contribution in [3.8, 4) is 0 Å². The third-order valence-electron chi connectivity index (χ3n) is 2.44. The van der Waals surface area contributed by atoms with Gasteiger partial charge in [0.1, 0.15) is 10.7 Å². The molecule has 0 fully saturated rings. The molecule has 1 rings (SSSR count). The molecule has 0 saturated carbocycles. The summed E-state index contributed by atoms with van der Waals surface area (Å²) in [5.74, 6) is -0.482. The molecule has 0 saturated heterocycles. The standard InChI is InChI=1S/C11H18N4O2S/c1-4-15(3)9(16)5-13-10(17)8-6-18-11(14-8)7(2)12/h6-7H,4-5,12H2,1-3H3,(H,13,17). The predicted octanol–water partition coefficient (Wildman–Crippen LogP) is 0.371. The van der Waals surface area contributed by atoms with Gasteiger partial charge in [0.05, 0.1) is 12.6 Å². The number of hydrogen-bond donors (Lipinski definition) is 2. The van der Waals surface area contributed by atoms with Gasteiger partial charge in [-0.15, -0.1) is 11.3 Å². The maximum Gasteiger partial charge on any atom is 0.271 e. The van der Waals surface area contributed by atoms with Crippen LogP contribution in [0.5, 0.6) is 0 Å². The first kappa shape index (κ1) is 14.6. The van der Waals surface area contributed by atoms with Crippen molar-refractivity contribution in [3.63, 3.8) is 0 Å². The Morgan fingerprint density at radius 1 is 1.61 bits per heavy atom. The fourth-order valence-electron chi connectivity index (χ4n) is 1.16. The van der Waals surface area contributed by atoms with E-state index < -0.39 is 0 Å². The summed E-state index contributed by atoms with van der Waals surface area (Å²) in [6.07, 6.45) is 0. The molecule has 1 aromatic heterocycles. The van der Waals surface area contributed by atoms with Gasteiger partial charge in [-0.05, 0) is 13.8 Å². The van der Waals surface area contributed by atoms with E-state index in [4.69, 9.17) is 5.73 Å². The summed E-state index contributed by atoms with van der Waals surface area (Å²) in [4.78, 5) is 28.9. The molecular formula is C11H18N4O2S. The molecule has 0 aliphatic rings. The van der Waals surface area contributed by atoms with Gasteiger partial charge in [0.25, 0.3) is 5.91 Å². The Morgan fingerprint density at radius 3 is 2.78 bits per heavy atom. The lowest BCUT2D eigenvalue weighted by molar-refractivity contribution is -0.128. The van der Waals surface area contributed by atoms with E-state index in [1.165, 1.54) is 16.2 Å². The second-order valence-corrected chi connectivity index (χ2v) is 4.84. The van der Waals surface area contributed by atoms with E-state index in [9.17, 15) is 9.59 Å². The van der Waals surface area contributed by atoms with Crippen LogP contribution in [0.25, 0.3) is 0 Å². The molecule has 0 aromatic carbocycles. The van der Waals surface area contributed by atoms with Gasteiger partial charge in [-0.3, -0.25) is 9.59 Å². The Balaban J connectivity index is 2.52. The van der Waals surface area contributed by atoms with E-state index in [1.807, 2.05) is 6.92 Å². The lowest BCUT2D eigenvalue weighted by Gasteiger charge is -2.14. The summed E-state index contributed by atoms with van der Waals surface area (Å²) in [7, 11) is 1.69. The van der Waals surface area contributed by atoms with Crippen molar-refractivity contribution in [2.45, 2.75) is 19.9 Å². The molecule has 1 atom stereocenters. The predicted molar refractivity (Wildman–Crippen MR) is 70.4 cm³/mol. The number of rotatable bonds is 5. The molecule has 6 nitrogen and oxygen atoms in total. The van der Waals surface area contributed by atoms with Crippen LogP contribution in [0, 0.1) is 0 Å². The summed E-state index contributed by atoms with van der Waals surface area (Å²) in [6, 6.07) is -0.190. The Morgan fingerprint density at radius 2 is 2.28 bits per heavy atom. The van der Waals surface area contributed by atoms with Crippen LogP contribution in [0.2, 0.25) is 0 Å². The van der Waals surface area contributed by atoms with Crippen LogP contribution in [-0.2, 0) is 4.79 Å². The molecule has 18 heavy (non-hydrogen) atoms. The molecule has 3 N–H and O–H groups in total. The summed E-state index contributed by atoms with van der Waals surface area (Å²) >= 11 is 1.34. The highest BCUT2D eigenvalue weighted by Crippen LogP contribution is 2.15. The number of thiazole rings is 1. The Kier molecular flexibility index (Phi) is 5.24. The van der Waals surface area contributed by atoms with Gasteiger partial charge in [-0.1, -0.05) is 0 Å². The van der Waals surface area contributed by atoms with Crippen molar-refractivity contribution in [2.75, 3.05) is 20.1 Å². The quantitative estimate of drug-likeness (QED) is 0.809. The van der Waals surface area contributed by atoms with Gasteiger partial charge in [-0.25, -0.2) is 4.98 Å². The van der Waals surface area contributed by atoms with Crippen LogP contribution < -0.4 is 11.1 Å². The van der Waals surface area contributed by atoms with Crippen LogP contribution in [0.1, 0.15) is 35.4 Å². The number of carbonyl (C=O) groups excluding carboxylic acids is 2. The van der Waals surface area contributed by atoms with Crippen molar-refractivity contribution in [1.82, 2.24) is 15.2 Å². The van der Waals surface area contributed by atoms with E-state index in [2.05, 4.69) is 10.3 Å². The van der Waals surface area contributed by atoms with Gasteiger partial charge in [0.15, 0.2) is 0 Å². The number of nitrogens with zero attached hydrogens (tertiary/aromatic N) is 2. The van der Waals surface area contributed by atoms with Crippen molar-refractivity contribution in [2.24, 2.45) is 5.73 Å². The van der Waals surface area contributed by atoms with E-state index in [-0.39, 0.29) is 24.4 Å². The van der Waals surface area contributed by atoms with Crippen molar-refractivity contribution in [3.05, 3.63) is 16.1 Å². The number of aromatic nitrogens is 1. The lowest BCUT2D eigenvalue weighted by Crippen LogP contribution is -2.38. The molecule has 1 heterocycles. The average Bonchev–Trinajstić information content (AvgIpc) is 2.84. The monoisotopic (exact) mass is 270 g/mol. The van der Waals surface area contributed by atoms with Gasteiger partial charge in [0.2, 0.25) is 5.91 Å². The van der Waals surface area contributed by atoms with Crippen molar-refractivity contribution < 1.29 is 9.59 Å². The molecular weight excluding hydrogens is 252 g/mol. The lowest BCUT2D eigenvalue weighted by atomic mass is 10.4. The topological polar surface area (TPSA) is 88.3 Å². The van der Waals surface area contributed by atoms with E-state index in [1.54, 1.807) is 19.4 Å². The number of likely N-dealkylation sites (N-methyl/N-ethyl adjacent to an activating group) is 1. The Hall–Kier alpha value is -1.47. The third kappa shape index (κ3) is 3.78. The van der Waals surface area contributed by atoms with Crippen molar-refractivity contribution >= 4 is 23.2 Å². The van der Waals surface area contributed by atoms with Gasteiger partial charge < -0.3 is 16.0 Å². The summed E-state index contributed by atoms with van der Waals surface area (Å²) in [5.41, 5.74) is 5.97. The number of nitrogens with one attached hydrogen (secondary N) is 1. The number of carbonyl (C=O) groups is 2. The van der Waals surface area contributed by atoms with Crippen molar-refractivity contribution in [1.29, 1.82) is 0 Å². The molecule has 1 aromatic rings. The smallest absolute Gasteiger partial charge is 0.271 e. The minimum Gasteiger partial charge on any atom is -0.345 e. The van der Waals surface area contributed by atoms with E-state index >= 15 is 0 Å². The second kappa shape index (κ2) is 6.46. The minimum atomic E-state index is -0.351. The first-order valence-corrected chi connectivity index (χ1v) is 6.56. The third-order valence-corrected chi connectivity index (χ3v) is 3.49. The molecule has 0 aliphatic carbocycles. The Bertz CT molecular complexity index is 430. The van der Waals surface area contributed by atoms with Crippen LogP contribution in [-0.4, -0.2) is 41.8 Å². The molecule has 0 spiro atoms. The van der Waals surface area contributed by atoms with Crippen LogP contribution in [0.3, 0.4) is 0 Å². The van der Waals surface area contributed by atoms with Crippen LogP contribution >= 0.6 is 11.3 Å². The van der Waals surface area contributed by atoms with Crippen LogP contribution in [0.15, 0.2) is 5.38 Å². The van der Waals surface area contributed by atoms with Gasteiger partial charge in [0, 0.05) is 19.0 Å². The highest BCUT2D eigenvalue weighted by Gasteiger charge is 2.14. The van der Waals surface area contributed by atoms with Crippen LogP contribution in [0.4, 0.5) is 0 Å². The SMILES string of the molecule is CCN(C)C(=O)CNC(=O)c1csc(C(C)N)n1. The normalized spacial score (nSPS) is 12.0. The number of amides is 2. The zero-order valence-corrected chi connectivity index (χ0v) is 11.6. The maximum absolute atomic E-state index is 11.7. The molecule has 0 radical (unpaired) electrons. The van der Waals surface area contributed by atoms with Gasteiger partial charge in [-0.2, -0.15) is 0 Å². The average molecular weight is 270 g/mol. The summed E-state index contributed by atoms with van der Waals surface area (Å²) in [6.45, 7) is 4.27. The van der Waals surface area contributed by atoms with Gasteiger partial charge >= 0.3 is 0 Å². The molecule has 2 amide bonds. The zero-order valence-electron chi connectivity index (χ0n) is 10.8. The molecule has 0 aliphatic heterocycles. The first-order chi connectivity index (χ1) is 8.45. The fourth-order valence-corrected chi connectivity index (χ4v) is 1.92. The molecule has 100 valence electrons. The summed E-state index contributed by atoms with van der Waals surface area (Å²) < 4.78 is 0. The second-order valence-electron chi connectivity index (χ2n) is 3.95. The number of hydrogen-bond acceptors (Lipinski definition) is 5. The minimum absolute atomic E-state index is 0.0196. The zero-order chi connectivity index (χ0) is 13.7. The van der Waals surface area contributed by atoms with E-state index in [0.29, 0.717) is 17.2 Å². The highest BCUT2D eigenvalue weighted by molar-refractivity contribution is 7.09. The molecule has 0 bridgehead atoms. The molecule has 1 unspecified atom stereocenters. The first-order valence-electron chi connectivity index (χ1n) is 5.68. The largest absolute Gasteiger partial charge is 0.345 e. The number of nitrogens with two attached hydrogens (primary N) is 1.